The molecule has 1 aromatic rings. The van der Waals surface area contributed by atoms with Gasteiger partial charge in [0.2, 0.25) is 0 Å². The molecule has 0 saturated carbocycles. The van der Waals surface area contributed by atoms with Crippen molar-refractivity contribution in [2.45, 2.75) is 71.9 Å². The van der Waals surface area contributed by atoms with Crippen LogP contribution in [-0.2, 0) is 13.0 Å². The summed E-state index contributed by atoms with van der Waals surface area (Å²) in [4.78, 5) is 4.51. The van der Waals surface area contributed by atoms with Crippen LogP contribution in [0, 0.1) is 0 Å². The van der Waals surface area contributed by atoms with E-state index in [-0.39, 0.29) is 0 Å². The molecule has 0 amide bonds. The lowest BCUT2D eigenvalue weighted by Crippen LogP contribution is -2.32. The maximum absolute atomic E-state index is 4.51. The smallest absolute Gasteiger partial charge is 0.110 e. The highest BCUT2D eigenvalue weighted by Gasteiger charge is 2.11. The lowest BCUT2D eigenvalue weighted by Gasteiger charge is -2.18. The van der Waals surface area contributed by atoms with Gasteiger partial charge in [0.25, 0.3) is 0 Å². The molecule has 0 radical (unpaired) electrons. The molecule has 0 aliphatic carbocycles. The Morgan fingerprint density at radius 3 is 2.72 bits per heavy atom. The Labute approximate surface area is 112 Å². The molecule has 0 saturated heterocycles. The van der Waals surface area contributed by atoms with Gasteiger partial charge in [-0.1, -0.05) is 33.6 Å². The summed E-state index contributed by atoms with van der Waals surface area (Å²) < 4.78 is 2.30. The molecule has 1 aromatic heterocycles. The zero-order valence-corrected chi connectivity index (χ0v) is 12.3. The van der Waals surface area contributed by atoms with Gasteiger partial charge in [-0.25, -0.2) is 4.98 Å². The minimum absolute atomic E-state index is 0.586. The second kappa shape index (κ2) is 9.15. The summed E-state index contributed by atoms with van der Waals surface area (Å²) in [6.45, 7) is 8.90. The number of nitrogens with zero attached hydrogens (tertiary/aromatic N) is 2. The van der Waals surface area contributed by atoms with Crippen LogP contribution in [0.1, 0.15) is 58.7 Å². The van der Waals surface area contributed by atoms with Gasteiger partial charge in [-0.3, -0.25) is 0 Å². The lowest BCUT2D eigenvalue weighted by atomic mass is 10.1. The highest BCUT2D eigenvalue weighted by atomic mass is 15.1. The van der Waals surface area contributed by atoms with Crippen molar-refractivity contribution in [3.8, 4) is 0 Å². The number of hydrogen-bond acceptors (Lipinski definition) is 2. The summed E-state index contributed by atoms with van der Waals surface area (Å²) in [6.07, 6.45) is 11.3. The lowest BCUT2D eigenvalue weighted by molar-refractivity contribution is 0.446. The number of rotatable bonds is 10. The number of hydrogen-bond donors (Lipinski definition) is 1. The second-order valence-electron chi connectivity index (χ2n) is 5.03. The Morgan fingerprint density at radius 1 is 1.22 bits per heavy atom. The molecule has 0 aromatic carbocycles. The highest BCUT2D eigenvalue weighted by molar-refractivity contribution is 4.95. The molecule has 1 atom stereocenters. The quantitative estimate of drug-likeness (QED) is 0.691. The second-order valence-corrected chi connectivity index (χ2v) is 5.03. The zero-order chi connectivity index (χ0) is 13.2. The first kappa shape index (κ1) is 15.2. The molecule has 1 N–H and O–H groups in total. The average molecular weight is 251 g/mol. The predicted octanol–water partition coefficient (Wildman–Crippen LogP) is 3.39. The van der Waals surface area contributed by atoms with Crippen LogP contribution < -0.4 is 5.32 Å². The third-order valence-electron chi connectivity index (χ3n) is 3.28. The minimum Gasteiger partial charge on any atom is -0.335 e. The van der Waals surface area contributed by atoms with Crippen LogP contribution in [0.4, 0.5) is 0 Å². The molecule has 3 heteroatoms. The Balaban J connectivity index is 2.53. The molecule has 18 heavy (non-hydrogen) atoms. The van der Waals surface area contributed by atoms with Crippen LogP contribution in [0.2, 0.25) is 0 Å². The normalized spacial score (nSPS) is 12.8. The molecular formula is C15H29N3. The fourth-order valence-corrected chi connectivity index (χ4v) is 2.27. The number of aromatic nitrogens is 2. The third-order valence-corrected chi connectivity index (χ3v) is 3.28. The van der Waals surface area contributed by atoms with Crippen LogP contribution in [0.5, 0.6) is 0 Å². The summed E-state index contributed by atoms with van der Waals surface area (Å²) in [7, 11) is 0. The van der Waals surface area contributed by atoms with E-state index in [1.807, 2.05) is 6.20 Å². The van der Waals surface area contributed by atoms with E-state index >= 15 is 0 Å². The highest BCUT2D eigenvalue weighted by Crippen LogP contribution is 2.09. The molecule has 1 rings (SSSR count). The maximum atomic E-state index is 4.51. The number of unbranched alkanes of at least 4 members (excludes halogenated alkanes) is 1. The molecule has 0 spiro atoms. The predicted molar refractivity (Wildman–Crippen MR) is 77.8 cm³/mol. The van der Waals surface area contributed by atoms with Gasteiger partial charge in [0.1, 0.15) is 5.82 Å². The molecule has 1 heterocycles. The summed E-state index contributed by atoms with van der Waals surface area (Å²) >= 11 is 0. The minimum atomic E-state index is 0.586. The van der Waals surface area contributed by atoms with Crippen molar-refractivity contribution in [3.05, 3.63) is 18.2 Å². The van der Waals surface area contributed by atoms with Gasteiger partial charge in [0.05, 0.1) is 0 Å². The van der Waals surface area contributed by atoms with Crippen molar-refractivity contribution in [2.24, 2.45) is 0 Å². The van der Waals surface area contributed by atoms with Crippen LogP contribution in [-0.4, -0.2) is 22.1 Å². The summed E-state index contributed by atoms with van der Waals surface area (Å²) in [6, 6.07) is 0.586. The van der Waals surface area contributed by atoms with Crippen molar-refractivity contribution in [1.82, 2.24) is 14.9 Å². The summed E-state index contributed by atoms with van der Waals surface area (Å²) in [5, 5.41) is 3.66. The van der Waals surface area contributed by atoms with Gasteiger partial charge < -0.3 is 9.88 Å². The van der Waals surface area contributed by atoms with E-state index in [1.54, 1.807) is 0 Å². The van der Waals surface area contributed by atoms with Crippen molar-refractivity contribution in [2.75, 3.05) is 6.54 Å². The average Bonchev–Trinajstić information content (AvgIpc) is 2.80. The van der Waals surface area contributed by atoms with Gasteiger partial charge in [-0.2, -0.15) is 0 Å². The van der Waals surface area contributed by atoms with E-state index in [4.69, 9.17) is 0 Å². The number of aryl methyl sites for hydroxylation is 1. The van der Waals surface area contributed by atoms with E-state index in [1.165, 1.54) is 37.9 Å². The zero-order valence-electron chi connectivity index (χ0n) is 12.3. The first-order valence-corrected chi connectivity index (χ1v) is 7.55. The van der Waals surface area contributed by atoms with Crippen molar-refractivity contribution in [1.29, 1.82) is 0 Å². The molecular weight excluding hydrogens is 222 g/mol. The van der Waals surface area contributed by atoms with Gasteiger partial charge >= 0.3 is 0 Å². The van der Waals surface area contributed by atoms with E-state index < -0.39 is 0 Å². The largest absolute Gasteiger partial charge is 0.335 e. The Bertz CT molecular complexity index is 298. The molecule has 0 aliphatic rings. The van der Waals surface area contributed by atoms with E-state index in [0.29, 0.717) is 6.04 Å². The maximum Gasteiger partial charge on any atom is 0.110 e. The summed E-state index contributed by atoms with van der Waals surface area (Å²) in [5.74, 6) is 1.24. The van der Waals surface area contributed by atoms with Gasteiger partial charge in [-0.05, 0) is 25.8 Å². The SMILES string of the molecule is CCCCC(Cc1nccn1CCC)NCCC. The van der Waals surface area contributed by atoms with Gasteiger partial charge in [-0.15, -0.1) is 0 Å². The van der Waals surface area contributed by atoms with Gasteiger partial charge in [0.15, 0.2) is 0 Å². The van der Waals surface area contributed by atoms with Crippen LogP contribution in [0.3, 0.4) is 0 Å². The Kier molecular flexibility index (Phi) is 7.74. The molecule has 0 fully saturated rings. The monoisotopic (exact) mass is 251 g/mol. The topological polar surface area (TPSA) is 29.9 Å². The van der Waals surface area contributed by atoms with Crippen molar-refractivity contribution >= 4 is 0 Å². The number of imidazole rings is 1. The van der Waals surface area contributed by atoms with Crippen LogP contribution in [0.15, 0.2) is 12.4 Å². The summed E-state index contributed by atoms with van der Waals surface area (Å²) in [5.41, 5.74) is 0. The molecule has 0 bridgehead atoms. The Morgan fingerprint density at radius 2 is 2.06 bits per heavy atom. The standard InChI is InChI=1S/C15H29N3/c1-4-7-8-14(16-9-5-2)13-15-17-10-12-18(15)11-6-3/h10,12,14,16H,4-9,11,13H2,1-3H3. The van der Waals surface area contributed by atoms with Gasteiger partial charge in [0, 0.05) is 31.4 Å². The molecule has 3 nitrogen and oxygen atoms in total. The van der Waals surface area contributed by atoms with E-state index in [9.17, 15) is 0 Å². The van der Waals surface area contributed by atoms with Crippen molar-refractivity contribution < 1.29 is 0 Å². The van der Waals surface area contributed by atoms with Crippen LogP contribution >= 0.6 is 0 Å². The van der Waals surface area contributed by atoms with Crippen molar-refractivity contribution in [3.63, 3.8) is 0 Å². The fraction of sp³-hybridized carbons (Fsp3) is 0.800. The van der Waals surface area contributed by atoms with Crippen LogP contribution in [0.25, 0.3) is 0 Å². The third kappa shape index (κ3) is 5.21. The fourth-order valence-electron chi connectivity index (χ4n) is 2.27. The molecule has 0 aliphatic heterocycles. The first-order valence-electron chi connectivity index (χ1n) is 7.55. The first-order chi connectivity index (χ1) is 8.81. The number of nitrogens with one attached hydrogen (secondary N) is 1. The molecule has 104 valence electrons. The molecule has 1 unspecified atom stereocenters. The Hall–Kier alpha value is -0.830. The van der Waals surface area contributed by atoms with E-state index in [0.717, 1.165) is 19.5 Å². The van der Waals surface area contributed by atoms with E-state index in [2.05, 4.69) is 41.8 Å².